The number of nitrogens with one attached hydrogen (secondary N) is 2. The first-order valence-corrected chi connectivity index (χ1v) is 5.62. The zero-order valence-electron chi connectivity index (χ0n) is 10.5. The van der Waals surface area contributed by atoms with Crippen molar-refractivity contribution in [3.05, 3.63) is 24.0 Å². The van der Waals surface area contributed by atoms with Gasteiger partial charge >= 0.3 is 0 Å². The van der Waals surface area contributed by atoms with Gasteiger partial charge < -0.3 is 15.4 Å². The Labute approximate surface area is 102 Å². The van der Waals surface area contributed by atoms with Crippen molar-refractivity contribution in [2.75, 3.05) is 25.6 Å². The van der Waals surface area contributed by atoms with E-state index in [2.05, 4.69) is 15.6 Å². The summed E-state index contributed by atoms with van der Waals surface area (Å²) in [4.78, 5) is 15.8. The molecule has 5 nitrogen and oxygen atoms in total. The molecule has 1 aromatic heterocycles. The molecule has 0 aliphatic carbocycles. The van der Waals surface area contributed by atoms with Crippen LogP contribution >= 0.6 is 0 Å². The second kappa shape index (κ2) is 6.85. The van der Waals surface area contributed by atoms with E-state index in [0.29, 0.717) is 18.7 Å². The number of hydrogen-bond donors (Lipinski definition) is 2. The van der Waals surface area contributed by atoms with E-state index in [9.17, 15) is 4.79 Å². The molecule has 1 rings (SSSR count). The summed E-state index contributed by atoms with van der Waals surface area (Å²) in [6, 6.07) is 1.90. The maximum Gasteiger partial charge on any atom is 0.253 e. The van der Waals surface area contributed by atoms with E-state index in [4.69, 9.17) is 4.74 Å². The van der Waals surface area contributed by atoms with Crippen molar-refractivity contribution >= 4 is 11.6 Å². The maximum absolute atomic E-state index is 11.7. The third kappa shape index (κ3) is 4.82. The van der Waals surface area contributed by atoms with Gasteiger partial charge in [0.1, 0.15) is 0 Å². The molecule has 0 radical (unpaired) electrons. The third-order valence-corrected chi connectivity index (χ3v) is 2.06. The van der Waals surface area contributed by atoms with E-state index >= 15 is 0 Å². The van der Waals surface area contributed by atoms with Crippen LogP contribution in [-0.2, 0) is 4.74 Å². The van der Waals surface area contributed by atoms with Crippen molar-refractivity contribution in [1.29, 1.82) is 0 Å². The number of nitrogens with zero attached hydrogens (tertiary/aromatic N) is 1. The van der Waals surface area contributed by atoms with Crippen molar-refractivity contribution in [1.82, 2.24) is 10.3 Å². The van der Waals surface area contributed by atoms with Crippen molar-refractivity contribution < 1.29 is 9.53 Å². The molecule has 0 saturated heterocycles. The molecule has 0 aliphatic rings. The zero-order chi connectivity index (χ0) is 12.7. The highest BCUT2D eigenvalue weighted by Crippen LogP contribution is 2.08. The predicted octanol–water partition coefficient (Wildman–Crippen LogP) is 1.28. The highest BCUT2D eigenvalue weighted by Gasteiger charge is 2.07. The topological polar surface area (TPSA) is 63.2 Å². The minimum atomic E-state index is -0.108. The van der Waals surface area contributed by atoms with Crippen LogP contribution in [0.1, 0.15) is 24.2 Å². The lowest BCUT2D eigenvalue weighted by molar-refractivity contribution is 0.0943. The molecule has 0 atom stereocenters. The third-order valence-electron chi connectivity index (χ3n) is 2.06. The summed E-state index contributed by atoms with van der Waals surface area (Å²) in [5.74, 6) is -0.108. The minimum Gasteiger partial charge on any atom is -0.383 e. The first kappa shape index (κ1) is 13.4. The van der Waals surface area contributed by atoms with E-state index in [0.717, 1.165) is 5.69 Å². The highest BCUT2D eigenvalue weighted by atomic mass is 16.5. The Kier molecular flexibility index (Phi) is 5.42. The van der Waals surface area contributed by atoms with Gasteiger partial charge in [-0.25, -0.2) is 0 Å². The Bertz CT molecular complexity index is 367. The fourth-order valence-corrected chi connectivity index (χ4v) is 1.30. The van der Waals surface area contributed by atoms with Crippen LogP contribution < -0.4 is 10.6 Å². The van der Waals surface area contributed by atoms with E-state index in [1.165, 1.54) is 0 Å². The highest BCUT2D eigenvalue weighted by molar-refractivity contribution is 5.94. The van der Waals surface area contributed by atoms with Crippen LogP contribution in [0.15, 0.2) is 18.5 Å². The molecule has 1 heterocycles. The largest absolute Gasteiger partial charge is 0.383 e. The number of hydrogen-bond acceptors (Lipinski definition) is 4. The van der Waals surface area contributed by atoms with E-state index < -0.39 is 0 Å². The molecule has 2 N–H and O–H groups in total. The lowest BCUT2D eigenvalue weighted by Gasteiger charge is -2.10. The molecule has 0 unspecified atom stereocenters. The van der Waals surface area contributed by atoms with Gasteiger partial charge in [0, 0.05) is 32.1 Å². The number of methoxy groups -OCH3 is 1. The van der Waals surface area contributed by atoms with Gasteiger partial charge in [0.2, 0.25) is 0 Å². The van der Waals surface area contributed by atoms with Gasteiger partial charge in [0.05, 0.1) is 17.9 Å². The van der Waals surface area contributed by atoms with Gasteiger partial charge in [0.25, 0.3) is 5.91 Å². The average molecular weight is 237 g/mol. The van der Waals surface area contributed by atoms with Crippen molar-refractivity contribution in [3.63, 3.8) is 0 Å². The number of carbonyl (C=O) groups is 1. The molecule has 1 aromatic rings. The number of rotatable bonds is 6. The number of carbonyl (C=O) groups excluding carboxylic acids is 1. The molecule has 0 aliphatic heterocycles. The Morgan fingerprint density at radius 1 is 1.47 bits per heavy atom. The van der Waals surface area contributed by atoms with Crippen LogP contribution in [0.3, 0.4) is 0 Å². The predicted molar refractivity (Wildman–Crippen MR) is 67.2 cm³/mol. The summed E-state index contributed by atoms with van der Waals surface area (Å²) in [5, 5.41) is 5.95. The second-order valence-electron chi connectivity index (χ2n) is 4.01. The zero-order valence-corrected chi connectivity index (χ0v) is 10.5. The molecule has 0 bridgehead atoms. The van der Waals surface area contributed by atoms with Gasteiger partial charge in [-0.15, -0.1) is 0 Å². The summed E-state index contributed by atoms with van der Waals surface area (Å²) in [5.41, 5.74) is 1.37. The molecule has 94 valence electrons. The number of ether oxygens (including phenoxy) is 1. The smallest absolute Gasteiger partial charge is 0.253 e. The van der Waals surface area contributed by atoms with Crippen LogP contribution in [0.4, 0.5) is 5.69 Å². The van der Waals surface area contributed by atoms with Crippen LogP contribution in [0, 0.1) is 0 Å². The van der Waals surface area contributed by atoms with Gasteiger partial charge in [-0.05, 0) is 19.9 Å². The molecule has 1 amide bonds. The molecule has 0 spiro atoms. The van der Waals surface area contributed by atoms with Gasteiger partial charge in [-0.3, -0.25) is 9.78 Å². The molecular formula is C12H19N3O2. The molecule has 17 heavy (non-hydrogen) atoms. The lowest BCUT2D eigenvalue weighted by atomic mass is 10.2. The Morgan fingerprint density at radius 2 is 2.24 bits per heavy atom. The lowest BCUT2D eigenvalue weighted by Crippen LogP contribution is -2.30. The summed E-state index contributed by atoms with van der Waals surface area (Å²) >= 11 is 0. The summed E-state index contributed by atoms with van der Waals surface area (Å²) in [7, 11) is 1.65. The van der Waals surface area contributed by atoms with Crippen molar-refractivity contribution in [2.24, 2.45) is 0 Å². The summed E-state index contributed by atoms with van der Waals surface area (Å²) in [6.07, 6.45) is 3.24. The van der Waals surface area contributed by atoms with Gasteiger partial charge in [-0.2, -0.15) is 0 Å². The SMILES string of the molecule is COCCNc1cncc(C(=O)NC(C)C)c1. The maximum atomic E-state index is 11.7. The first-order valence-electron chi connectivity index (χ1n) is 5.62. The van der Waals surface area contributed by atoms with Gasteiger partial charge in [-0.1, -0.05) is 0 Å². The Balaban J connectivity index is 2.61. The van der Waals surface area contributed by atoms with E-state index in [1.807, 2.05) is 13.8 Å². The first-order chi connectivity index (χ1) is 8.13. The Morgan fingerprint density at radius 3 is 2.88 bits per heavy atom. The fraction of sp³-hybridized carbons (Fsp3) is 0.500. The normalized spacial score (nSPS) is 10.4. The monoisotopic (exact) mass is 237 g/mol. The molecule has 0 saturated carbocycles. The van der Waals surface area contributed by atoms with Crippen molar-refractivity contribution in [2.45, 2.75) is 19.9 Å². The summed E-state index contributed by atoms with van der Waals surface area (Å²) < 4.78 is 4.93. The van der Waals surface area contributed by atoms with E-state index in [-0.39, 0.29) is 11.9 Å². The molecule has 5 heteroatoms. The van der Waals surface area contributed by atoms with Crippen LogP contribution in [0.5, 0.6) is 0 Å². The minimum absolute atomic E-state index is 0.108. The summed E-state index contributed by atoms with van der Waals surface area (Å²) in [6.45, 7) is 5.15. The number of pyridine rings is 1. The quantitative estimate of drug-likeness (QED) is 0.732. The van der Waals surface area contributed by atoms with Crippen LogP contribution in [0.2, 0.25) is 0 Å². The Hall–Kier alpha value is -1.62. The van der Waals surface area contributed by atoms with Crippen molar-refractivity contribution in [3.8, 4) is 0 Å². The van der Waals surface area contributed by atoms with Crippen LogP contribution in [0.25, 0.3) is 0 Å². The molecule has 0 fully saturated rings. The standard InChI is InChI=1S/C12H19N3O2/c1-9(2)15-12(16)10-6-11(8-13-7-10)14-4-5-17-3/h6-9,14H,4-5H2,1-3H3,(H,15,16). The van der Waals surface area contributed by atoms with Gasteiger partial charge in [0.15, 0.2) is 0 Å². The number of amides is 1. The average Bonchev–Trinajstić information content (AvgIpc) is 2.29. The number of aromatic nitrogens is 1. The molecule has 0 aromatic carbocycles. The molecular weight excluding hydrogens is 218 g/mol. The fourth-order valence-electron chi connectivity index (χ4n) is 1.30. The van der Waals surface area contributed by atoms with Crippen LogP contribution in [-0.4, -0.2) is 37.2 Å². The van der Waals surface area contributed by atoms with E-state index in [1.54, 1.807) is 25.6 Å². The number of anilines is 1. The second-order valence-corrected chi connectivity index (χ2v) is 4.01.